The van der Waals surface area contributed by atoms with Crippen LogP contribution in [0.3, 0.4) is 0 Å². The Labute approximate surface area is 159 Å². The first-order valence-corrected chi connectivity index (χ1v) is 9.76. The highest BCUT2D eigenvalue weighted by Crippen LogP contribution is 2.56. The fourth-order valence-electron chi connectivity index (χ4n) is 5.29. The first-order valence-electron chi connectivity index (χ1n) is 9.76. The van der Waals surface area contributed by atoms with E-state index in [2.05, 4.69) is 13.0 Å². The molecular weight excluding hydrogens is 338 g/mol. The minimum atomic E-state index is -0.0814. The van der Waals surface area contributed by atoms with Crippen LogP contribution in [0.4, 0.5) is 5.69 Å². The van der Waals surface area contributed by atoms with Crippen LogP contribution < -0.4 is 9.64 Å². The number of carbonyl (C=O) groups is 2. The van der Waals surface area contributed by atoms with Gasteiger partial charge >= 0.3 is 0 Å². The lowest BCUT2D eigenvalue weighted by Gasteiger charge is -2.19. The van der Waals surface area contributed by atoms with Crippen molar-refractivity contribution in [3.63, 3.8) is 0 Å². The number of anilines is 1. The Morgan fingerprint density at radius 2 is 1.52 bits per heavy atom. The Bertz CT molecular complexity index is 905. The minimum absolute atomic E-state index is 0.000368. The van der Waals surface area contributed by atoms with Crippen molar-refractivity contribution >= 4 is 17.5 Å². The molecule has 2 bridgehead atoms. The SMILES string of the molecule is Cc1cccc(Oc2ccc(N3C(=O)[C@H]4[C@H]5CC[C@@H](C5)[C@@H]4C3=O)cc2)c1C. The molecular formula is C23H23NO3. The molecule has 0 N–H and O–H groups in total. The summed E-state index contributed by atoms with van der Waals surface area (Å²) in [5.41, 5.74) is 2.94. The monoisotopic (exact) mass is 361 g/mol. The van der Waals surface area contributed by atoms with Crippen molar-refractivity contribution in [2.45, 2.75) is 33.1 Å². The van der Waals surface area contributed by atoms with Crippen molar-refractivity contribution < 1.29 is 14.3 Å². The predicted molar refractivity (Wildman–Crippen MR) is 103 cm³/mol. The van der Waals surface area contributed by atoms with Gasteiger partial charge in [0.15, 0.2) is 0 Å². The standard InChI is InChI=1S/C23H23NO3/c1-13-4-3-5-19(14(13)2)27-18-10-8-17(9-11-18)24-22(25)20-15-6-7-16(12-15)21(20)23(24)26/h3-5,8-11,15-16,20-21H,6-7,12H2,1-2H3/t15-,16-,20-,21-/m0/s1. The molecule has 2 saturated carbocycles. The van der Waals surface area contributed by atoms with Crippen molar-refractivity contribution in [2.75, 3.05) is 4.90 Å². The molecule has 2 aromatic rings. The summed E-state index contributed by atoms with van der Waals surface area (Å²) < 4.78 is 5.99. The second kappa shape index (κ2) is 5.95. The summed E-state index contributed by atoms with van der Waals surface area (Å²) in [6.07, 6.45) is 3.26. The number of imide groups is 1. The minimum Gasteiger partial charge on any atom is -0.457 e. The second-order valence-corrected chi connectivity index (χ2v) is 8.19. The van der Waals surface area contributed by atoms with Crippen LogP contribution in [0, 0.1) is 37.5 Å². The van der Waals surface area contributed by atoms with Gasteiger partial charge in [0, 0.05) is 0 Å². The lowest BCUT2D eigenvalue weighted by molar-refractivity contribution is -0.123. The van der Waals surface area contributed by atoms with Crippen LogP contribution >= 0.6 is 0 Å². The number of hydrogen-bond acceptors (Lipinski definition) is 3. The van der Waals surface area contributed by atoms with Crippen molar-refractivity contribution in [3.8, 4) is 11.5 Å². The van der Waals surface area contributed by atoms with Gasteiger partial charge in [-0.3, -0.25) is 14.5 Å². The number of ether oxygens (including phenoxy) is 1. The van der Waals surface area contributed by atoms with E-state index in [0.29, 0.717) is 23.3 Å². The van der Waals surface area contributed by atoms with E-state index in [-0.39, 0.29) is 23.7 Å². The van der Waals surface area contributed by atoms with E-state index in [1.165, 1.54) is 10.5 Å². The zero-order chi connectivity index (χ0) is 18.7. The summed E-state index contributed by atoms with van der Waals surface area (Å²) in [5.74, 6) is 2.18. The van der Waals surface area contributed by atoms with Crippen LogP contribution in [0.1, 0.15) is 30.4 Å². The normalized spacial score (nSPS) is 28.7. The van der Waals surface area contributed by atoms with Gasteiger partial charge in [-0.2, -0.15) is 0 Å². The fraction of sp³-hybridized carbons (Fsp3) is 0.391. The maximum Gasteiger partial charge on any atom is 0.237 e. The van der Waals surface area contributed by atoms with Crippen molar-refractivity contribution in [2.24, 2.45) is 23.7 Å². The molecule has 5 rings (SSSR count). The zero-order valence-corrected chi connectivity index (χ0v) is 15.6. The maximum absolute atomic E-state index is 12.9. The smallest absolute Gasteiger partial charge is 0.237 e. The predicted octanol–water partition coefficient (Wildman–Crippen LogP) is 4.63. The molecule has 0 radical (unpaired) electrons. The van der Waals surface area contributed by atoms with Gasteiger partial charge in [0.1, 0.15) is 11.5 Å². The molecule has 3 fully saturated rings. The van der Waals surface area contributed by atoms with E-state index in [0.717, 1.165) is 30.6 Å². The van der Waals surface area contributed by atoms with Crippen LogP contribution in [-0.2, 0) is 9.59 Å². The molecule has 1 heterocycles. The number of aryl methyl sites for hydroxylation is 1. The van der Waals surface area contributed by atoms with Gasteiger partial charge in [-0.25, -0.2) is 0 Å². The quantitative estimate of drug-likeness (QED) is 0.749. The lowest BCUT2D eigenvalue weighted by atomic mass is 9.81. The van der Waals surface area contributed by atoms with E-state index in [9.17, 15) is 9.59 Å². The zero-order valence-electron chi connectivity index (χ0n) is 15.6. The molecule has 1 saturated heterocycles. The molecule has 138 valence electrons. The van der Waals surface area contributed by atoms with Crippen molar-refractivity contribution in [3.05, 3.63) is 53.6 Å². The third-order valence-corrected chi connectivity index (χ3v) is 6.81. The van der Waals surface area contributed by atoms with Gasteiger partial charge in [-0.05, 0) is 86.4 Å². The summed E-state index contributed by atoms with van der Waals surface area (Å²) in [6.45, 7) is 4.09. The highest BCUT2D eigenvalue weighted by atomic mass is 16.5. The van der Waals surface area contributed by atoms with Crippen LogP contribution in [0.15, 0.2) is 42.5 Å². The summed E-state index contributed by atoms with van der Waals surface area (Å²) in [7, 11) is 0. The summed E-state index contributed by atoms with van der Waals surface area (Å²) in [4.78, 5) is 27.3. The summed E-state index contributed by atoms with van der Waals surface area (Å²) >= 11 is 0. The Morgan fingerprint density at radius 1 is 0.889 bits per heavy atom. The number of nitrogens with zero attached hydrogens (tertiary/aromatic N) is 1. The molecule has 2 aliphatic carbocycles. The maximum atomic E-state index is 12.9. The highest BCUT2D eigenvalue weighted by molar-refractivity contribution is 6.22. The third-order valence-electron chi connectivity index (χ3n) is 6.81. The molecule has 2 aromatic carbocycles. The van der Waals surface area contributed by atoms with E-state index < -0.39 is 0 Å². The van der Waals surface area contributed by atoms with Gasteiger partial charge < -0.3 is 4.74 Å². The number of carbonyl (C=O) groups excluding carboxylic acids is 2. The van der Waals surface area contributed by atoms with E-state index >= 15 is 0 Å². The topological polar surface area (TPSA) is 46.6 Å². The molecule has 4 atom stereocenters. The molecule has 27 heavy (non-hydrogen) atoms. The second-order valence-electron chi connectivity index (χ2n) is 8.19. The van der Waals surface area contributed by atoms with Gasteiger partial charge in [0.05, 0.1) is 17.5 Å². The molecule has 4 heteroatoms. The number of benzene rings is 2. The van der Waals surface area contributed by atoms with Crippen LogP contribution in [0.5, 0.6) is 11.5 Å². The first-order chi connectivity index (χ1) is 13.0. The fourth-order valence-corrected chi connectivity index (χ4v) is 5.29. The number of amides is 2. The van der Waals surface area contributed by atoms with Crippen LogP contribution in [0.25, 0.3) is 0 Å². The average molecular weight is 361 g/mol. The van der Waals surface area contributed by atoms with E-state index in [1.54, 1.807) is 0 Å². The lowest BCUT2D eigenvalue weighted by Crippen LogP contribution is -2.32. The molecule has 0 aromatic heterocycles. The van der Waals surface area contributed by atoms with Crippen molar-refractivity contribution in [1.29, 1.82) is 0 Å². The molecule has 0 unspecified atom stereocenters. The van der Waals surface area contributed by atoms with Gasteiger partial charge in [-0.15, -0.1) is 0 Å². The van der Waals surface area contributed by atoms with Crippen LogP contribution in [0.2, 0.25) is 0 Å². The number of rotatable bonds is 3. The highest BCUT2D eigenvalue weighted by Gasteiger charge is 2.61. The Balaban J connectivity index is 1.39. The number of fused-ring (bicyclic) bond motifs is 5. The van der Waals surface area contributed by atoms with Crippen molar-refractivity contribution in [1.82, 2.24) is 0 Å². The van der Waals surface area contributed by atoms with Gasteiger partial charge in [0.2, 0.25) is 11.8 Å². The molecule has 4 nitrogen and oxygen atoms in total. The Kier molecular flexibility index (Phi) is 3.64. The molecule has 1 aliphatic heterocycles. The molecule has 0 spiro atoms. The van der Waals surface area contributed by atoms with Crippen LogP contribution in [-0.4, -0.2) is 11.8 Å². The summed E-state index contributed by atoms with van der Waals surface area (Å²) in [6, 6.07) is 13.3. The average Bonchev–Trinajstić information content (AvgIpc) is 3.34. The van der Waals surface area contributed by atoms with E-state index in [1.807, 2.05) is 43.3 Å². The molecule has 2 amide bonds. The third kappa shape index (κ3) is 2.43. The number of hydrogen-bond donors (Lipinski definition) is 0. The van der Waals surface area contributed by atoms with Gasteiger partial charge in [-0.1, -0.05) is 12.1 Å². The Hall–Kier alpha value is -2.62. The van der Waals surface area contributed by atoms with Gasteiger partial charge in [0.25, 0.3) is 0 Å². The summed E-state index contributed by atoms with van der Waals surface area (Å²) in [5, 5.41) is 0. The Morgan fingerprint density at radius 3 is 2.15 bits per heavy atom. The van der Waals surface area contributed by atoms with E-state index in [4.69, 9.17) is 4.74 Å². The molecule has 3 aliphatic rings. The first kappa shape index (κ1) is 16.5. The largest absolute Gasteiger partial charge is 0.457 e.